The zero-order valence-corrected chi connectivity index (χ0v) is 16.8. The summed E-state index contributed by atoms with van der Waals surface area (Å²) in [5, 5.41) is 0. The Morgan fingerprint density at radius 1 is 0.304 bits per heavy atom. The molecule has 1 saturated carbocycles. The molecule has 1 aliphatic rings. The Morgan fingerprint density at radius 3 is 0.652 bits per heavy atom. The van der Waals surface area contributed by atoms with Crippen LogP contribution in [0.4, 0.5) is 0 Å². The van der Waals surface area contributed by atoms with E-state index >= 15 is 0 Å². The molecule has 0 heteroatoms. The quantitative estimate of drug-likeness (QED) is 0.263. The summed E-state index contributed by atoms with van der Waals surface area (Å²) in [5.41, 5.74) is 0. The third kappa shape index (κ3) is 22.0. The van der Waals surface area contributed by atoms with Gasteiger partial charge in [0.2, 0.25) is 0 Å². The van der Waals surface area contributed by atoms with E-state index in [4.69, 9.17) is 0 Å². The van der Waals surface area contributed by atoms with Crippen LogP contribution in [-0.4, -0.2) is 0 Å². The molecule has 0 saturated heterocycles. The standard InChI is InChI=1S/C18H38.C5H10/c1-3-5-7-9-11-13-15-17-18-16-14-12-10-8-6-4-2;1-2-4-5-3-1/h3-18H2,1-2H3;1-5H2. The maximum Gasteiger partial charge on any atom is -0.0533 e. The molecule has 1 rings (SSSR count). The van der Waals surface area contributed by atoms with Gasteiger partial charge in [0.1, 0.15) is 0 Å². The van der Waals surface area contributed by atoms with E-state index in [0.717, 1.165) is 0 Å². The molecule has 23 heavy (non-hydrogen) atoms. The van der Waals surface area contributed by atoms with Crippen LogP contribution in [0, 0.1) is 0 Å². The van der Waals surface area contributed by atoms with E-state index in [-0.39, 0.29) is 0 Å². The van der Waals surface area contributed by atoms with Crippen LogP contribution >= 0.6 is 0 Å². The fourth-order valence-corrected chi connectivity index (χ4v) is 3.51. The number of hydrogen-bond acceptors (Lipinski definition) is 0. The number of hydrogen-bond donors (Lipinski definition) is 0. The van der Waals surface area contributed by atoms with Crippen molar-refractivity contribution in [1.29, 1.82) is 0 Å². The van der Waals surface area contributed by atoms with E-state index in [1.54, 1.807) is 0 Å². The van der Waals surface area contributed by atoms with Gasteiger partial charge in [0.25, 0.3) is 0 Å². The fraction of sp³-hybridized carbons (Fsp3) is 1.00. The summed E-state index contributed by atoms with van der Waals surface area (Å²) in [6, 6.07) is 0. The van der Waals surface area contributed by atoms with Gasteiger partial charge in [0, 0.05) is 0 Å². The Hall–Kier alpha value is 0. The first kappa shape index (κ1) is 23.0. The number of unbranched alkanes of at least 4 members (excludes halogenated alkanes) is 15. The molecular weight excluding hydrogens is 276 g/mol. The first-order valence-corrected chi connectivity index (χ1v) is 11.4. The van der Waals surface area contributed by atoms with Gasteiger partial charge in [-0.3, -0.25) is 0 Å². The smallest absolute Gasteiger partial charge is 0.0533 e. The topological polar surface area (TPSA) is 0 Å². The zero-order valence-electron chi connectivity index (χ0n) is 16.8. The minimum Gasteiger partial charge on any atom is -0.0654 e. The Kier molecular flexibility index (Phi) is 22.0. The summed E-state index contributed by atoms with van der Waals surface area (Å²) in [4.78, 5) is 0. The molecule has 0 N–H and O–H groups in total. The van der Waals surface area contributed by atoms with Crippen LogP contribution in [0.1, 0.15) is 149 Å². The lowest BCUT2D eigenvalue weighted by atomic mass is 10.0. The fourth-order valence-electron chi connectivity index (χ4n) is 3.51. The Labute approximate surface area is 149 Å². The van der Waals surface area contributed by atoms with Crippen LogP contribution in [0.15, 0.2) is 0 Å². The highest BCUT2D eigenvalue weighted by Gasteiger charge is 1.95. The summed E-state index contributed by atoms with van der Waals surface area (Å²) in [7, 11) is 0. The first-order chi connectivity index (χ1) is 11.4. The van der Waals surface area contributed by atoms with Crippen molar-refractivity contribution in [3.63, 3.8) is 0 Å². The molecule has 140 valence electrons. The van der Waals surface area contributed by atoms with Crippen LogP contribution < -0.4 is 0 Å². The lowest BCUT2D eigenvalue weighted by molar-refractivity contribution is 0.531. The van der Waals surface area contributed by atoms with Gasteiger partial charge in [-0.1, -0.05) is 149 Å². The summed E-state index contributed by atoms with van der Waals surface area (Å²) in [5.74, 6) is 0. The highest BCUT2D eigenvalue weighted by molar-refractivity contribution is 4.51. The summed E-state index contributed by atoms with van der Waals surface area (Å²) >= 11 is 0. The second-order valence-corrected chi connectivity index (χ2v) is 7.72. The third-order valence-electron chi connectivity index (χ3n) is 5.21. The molecular formula is C23H48. The molecule has 0 atom stereocenters. The summed E-state index contributed by atoms with van der Waals surface area (Å²) in [6.45, 7) is 4.59. The van der Waals surface area contributed by atoms with Crippen molar-refractivity contribution in [3.8, 4) is 0 Å². The number of rotatable bonds is 15. The molecule has 0 aliphatic heterocycles. The van der Waals surface area contributed by atoms with E-state index < -0.39 is 0 Å². The van der Waals surface area contributed by atoms with Crippen molar-refractivity contribution >= 4 is 0 Å². The van der Waals surface area contributed by atoms with Gasteiger partial charge in [-0.05, 0) is 0 Å². The largest absolute Gasteiger partial charge is 0.0654 e. The van der Waals surface area contributed by atoms with Crippen molar-refractivity contribution in [3.05, 3.63) is 0 Å². The molecule has 0 amide bonds. The van der Waals surface area contributed by atoms with Crippen molar-refractivity contribution in [2.45, 2.75) is 149 Å². The SMILES string of the molecule is C1CCCC1.CCCCCCCCCCCCCCCCCC. The molecule has 0 unspecified atom stereocenters. The van der Waals surface area contributed by atoms with Crippen LogP contribution in [0.25, 0.3) is 0 Å². The van der Waals surface area contributed by atoms with Gasteiger partial charge in [-0.25, -0.2) is 0 Å². The van der Waals surface area contributed by atoms with Crippen LogP contribution in [-0.2, 0) is 0 Å². The molecule has 0 spiro atoms. The van der Waals surface area contributed by atoms with Gasteiger partial charge in [-0.15, -0.1) is 0 Å². The van der Waals surface area contributed by atoms with E-state index in [2.05, 4.69) is 13.8 Å². The first-order valence-electron chi connectivity index (χ1n) is 11.4. The minimum atomic E-state index is 1.37. The lowest BCUT2D eigenvalue weighted by Crippen LogP contribution is -1.83. The molecule has 0 bridgehead atoms. The molecule has 0 aromatic rings. The van der Waals surface area contributed by atoms with Crippen molar-refractivity contribution in [2.24, 2.45) is 0 Å². The predicted octanol–water partition coefficient (Wildman–Crippen LogP) is 9.22. The second kappa shape index (κ2) is 22.0. The van der Waals surface area contributed by atoms with Gasteiger partial charge < -0.3 is 0 Å². The van der Waals surface area contributed by atoms with E-state index in [1.807, 2.05) is 0 Å². The molecule has 0 radical (unpaired) electrons. The Balaban J connectivity index is 0.000000809. The van der Waals surface area contributed by atoms with Crippen LogP contribution in [0.5, 0.6) is 0 Å². The monoisotopic (exact) mass is 324 g/mol. The normalized spacial score (nSPS) is 13.8. The second-order valence-electron chi connectivity index (χ2n) is 7.72. The lowest BCUT2D eigenvalue weighted by Gasteiger charge is -2.03. The van der Waals surface area contributed by atoms with E-state index in [0.29, 0.717) is 0 Å². The molecule has 0 nitrogen and oxygen atoms in total. The molecule has 0 aromatic heterocycles. The third-order valence-corrected chi connectivity index (χ3v) is 5.21. The highest BCUT2D eigenvalue weighted by Crippen LogP contribution is 2.15. The van der Waals surface area contributed by atoms with E-state index in [9.17, 15) is 0 Å². The molecule has 0 heterocycles. The van der Waals surface area contributed by atoms with Gasteiger partial charge in [-0.2, -0.15) is 0 Å². The minimum absolute atomic E-state index is 1.37. The van der Waals surface area contributed by atoms with Crippen molar-refractivity contribution < 1.29 is 0 Å². The summed E-state index contributed by atoms with van der Waals surface area (Å²) in [6.07, 6.45) is 30.9. The average molecular weight is 325 g/mol. The molecule has 0 aromatic carbocycles. The van der Waals surface area contributed by atoms with Crippen molar-refractivity contribution in [2.75, 3.05) is 0 Å². The zero-order chi connectivity index (χ0) is 16.8. The maximum absolute atomic E-state index is 2.29. The highest BCUT2D eigenvalue weighted by atomic mass is 14.0. The Morgan fingerprint density at radius 2 is 0.478 bits per heavy atom. The van der Waals surface area contributed by atoms with Crippen molar-refractivity contribution in [1.82, 2.24) is 0 Å². The predicted molar refractivity (Wildman–Crippen MR) is 108 cm³/mol. The van der Waals surface area contributed by atoms with Gasteiger partial charge in [0.05, 0.1) is 0 Å². The molecule has 1 aliphatic carbocycles. The average Bonchev–Trinajstić information content (AvgIpc) is 3.15. The van der Waals surface area contributed by atoms with Crippen LogP contribution in [0.2, 0.25) is 0 Å². The summed E-state index contributed by atoms with van der Waals surface area (Å²) < 4.78 is 0. The maximum atomic E-state index is 2.29. The van der Waals surface area contributed by atoms with Crippen LogP contribution in [0.3, 0.4) is 0 Å². The molecule has 1 fully saturated rings. The van der Waals surface area contributed by atoms with E-state index in [1.165, 1.54) is 135 Å². The van der Waals surface area contributed by atoms with Gasteiger partial charge >= 0.3 is 0 Å². The Bertz CT molecular complexity index is 157. The van der Waals surface area contributed by atoms with Gasteiger partial charge in [0.15, 0.2) is 0 Å².